The molecule has 40 heavy (non-hydrogen) atoms. The van der Waals surface area contributed by atoms with Gasteiger partial charge in [-0.15, -0.1) is 0 Å². The second kappa shape index (κ2) is 12.8. The fourth-order valence-electron chi connectivity index (χ4n) is 3.06. The van der Waals surface area contributed by atoms with E-state index in [1.54, 1.807) is 6.07 Å². The molecule has 4 heterocycles. The average molecular weight is 700 g/mol. The third kappa shape index (κ3) is 7.84. The number of carbonyl (C=O) groups is 2. The zero-order chi connectivity index (χ0) is 29.1. The maximum Gasteiger partial charge on any atom is 0.341 e. The van der Waals surface area contributed by atoms with Gasteiger partial charge in [0.25, 0.3) is 11.8 Å². The van der Waals surface area contributed by atoms with Crippen molar-refractivity contribution in [3.8, 4) is 11.5 Å². The van der Waals surface area contributed by atoms with Gasteiger partial charge >= 0.3 is 11.9 Å². The number of aromatic carboxylic acids is 1. The highest BCUT2D eigenvalue weighted by atomic mass is 79.9. The summed E-state index contributed by atoms with van der Waals surface area (Å²) in [5.74, 6) is -7.16. The molecule has 0 fully saturated rings. The Hall–Kier alpha value is -3.40. The summed E-state index contributed by atoms with van der Waals surface area (Å²) >= 11 is 6.36. The number of carboxylic acids is 1. The first-order valence-electron chi connectivity index (χ1n) is 10.8. The van der Waals surface area contributed by atoms with Crippen molar-refractivity contribution in [2.24, 2.45) is 0 Å². The van der Waals surface area contributed by atoms with E-state index in [1.807, 2.05) is 0 Å². The number of hydrogen-bond donors (Lipinski definition) is 1. The largest absolute Gasteiger partial charge is 0.484 e. The topological polar surface area (TPSA) is 117 Å². The minimum Gasteiger partial charge on any atom is -0.484 e. The highest BCUT2D eigenvalue weighted by molar-refractivity contribution is 9.10. The van der Waals surface area contributed by atoms with Crippen molar-refractivity contribution >= 4 is 54.8 Å². The van der Waals surface area contributed by atoms with Gasteiger partial charge < -0.3 is 19.3 Å². The van der Waals surface area contributed by atoms with Crippen LogP contribution in [0.5, 0.6) is 11.5 Å². The molecule has 1 N–H and O–H groups in total. The number of rotatable bonds is 8. The predicted molar refractivity (Wildman–Crippen MR) is 143 cm³/mol. The fourth-order valence-corrected chi connectivity index (χ4v) is 4.12. The zero-order valence-corrected chi connectivity index (χ0v) is 23.6. The van der Waals surface area contributed by atoms with Gasteiger partial charge in [0.2, 0.25) is 0 Å². The molecule has 0 aliphatic carbocycles. The Morgan fingerprint density at radius 1 is 0.850 bits per heavy atom. The van der Waals surface area contributed by atoms with Crippen LogP contribution < -0.4 is 9.47 Å². The smallest absolute Gasteiger partial charge is 0.341 e. The van der Waals surface area contributed by atoms with Crippen LogP contribution in [0.4, 0.5) is 17.6 Å². The monoisotopic (exact) mass is 698 g/mol. The van der Waals surface area contributed by atoms with Crippen LogP contribution in [0.15, 0.2) is 45.9 Å². The Balaban J connectivity index is 0.000000274. The van der Waals surface area contributed by atoms with Crippen LogP contribution in [0, 0.1) is 0 Å². The van der Waals surface area contributed by atoms with E-state index in [-0.39, 0.29) is 34.7 Å². The van der Waals surface area contributed by atoms with Crippen molar-refractivity contribution in [3.05, 3.63) is 57.0 Å². The molecule has 0 bridgehead atoms. The summed E-state index contributed by atoms with van der Waals surface area (Å²) in [6.45, 7) is -0.00895. The molecule has 0 radical (unpaired) electrons. The number of alkyl halides is 4. The van der Waals surface area contributed by atoms with Crippen molar-refractivity contribution in [2.45, 2.75) is 33.1 Å². The number of ether oxygens (including phenoxy) is 3. The lowest BCUT2D eigenvalue weighted by molar-refractivity contribution is -0.0237. The van der Waals surface area contributed by atoms with Gasteiger partial charge in [0.05, 0.1) is 30.5 Å². The molecule has 0 atom stereocenters. The summed E-state index contributed by atoms with van der Waals surface area (Å²) in [4.78, 5) is 22.5. The summed E-state index contributed by atoms with van der Waals surface area (Å²) in [5, 5.41) is 16.8. The number of methoxy groups -OCH3 is 1. The van der Waals surface area contributed by atoms with E-state index in [0.29, 0.717) is 15.6 Å². The van der Waals surface area contributed by atoms with E-state index in [9.17, 15) is 27.2 Å². The zero-order valence-electron chi connectivity index (χ0n) is 20.4. The number of carbonyl (C=O) groups excluding carboxylic acids is 1. The van der Waals surface area contributed by atoms with Crippen molar-refractivity contribution in [1.82, 2.24) is 19.2 Å². The Labute approximate surface area is 242 Å². The number of carboxylic acid groups (broad SMARTS) is 1. The summed E-state index contributed by atoms with van der Waals surface area (Å²) in [6.07, 6.45) is 2.52. The van der Waals surface area contributed by atoms with Crippen molar-refractivity contribution < 1.29 is 46.5 Å². The van der Waals surface area contributed by atoms with Crippen LogP contribution in [0.2, 0.25) is 0 Å². The molecule has 16 heteroatoms. The first-order chi connectivity index (χ1) is 18.1. The molecule has 218 valence electrons. The van der Waals surface area contributed by atoms with E-state index in [1.165, 1.54) is 46.7 Å². The van der Waals surface area contributed by atoms with Gasteiger partial charge in [0, 0.05) is 13.8 Å². The van der Waals surface area contributed by atoms with E-state index >= 15 is 0 Å². The van der Waals surface area contributed by atoms with Crippen LogP contribution in [0.3, 0.4) is 0 Å². The molecule has 0 aromatic carbocycles. The minimum absolute atomic E-state index is 0. The molecule has 0 amide bonds. The highest BCUT2D eigenvalue weighted by Gasteiger charge is 2.25. The van der Waals surface area contributed by atoms with Gasteiger partial charge in [-0.1, -0.05) is 7.43 Å². The Kier molecular flexibility index (Phi) is 10.5. The summed E-state index contributed by atoms with van der Waals surface area (Å²) < 4.78 is 68.9. The normalized spacial score (nSPS) is 11.4. The molecule has 0 saturated carbocycles. The summed E-state index contributed by atoms with van der Waals surface area (Å²) in [7, 11) is 1.27. The second-order valence-electron chi connectivity index (χ2n) is 8.20. The standard InChI is InChI=1S/C12H11BrF2N2O3.C11H9BrF2N2O3.CH4/c1-12(14,15)6-20-9-4-3-8-7(11(18)19-2)5-16-17(8)10(9)13;1-11(13,14)5-19-8-3-2-7-6(10(17)18)4-15-16(7)9(8)12;/h3-5H,6H2,1-2H3;2-4H,5H2,1H3,(H,17,18);1H4. The van der Waals surface area contributed by atoms with Crippen LogP contribution >= 0.6 is 31.9 Å². The summed E-state index contributed by atoms with van der Waals surface area (Å²) in [5.41, 5.74) is 1.13. The van der Waals surface area contributed by atoms with Crippen molar-refractivity contribution in [1.29, 1.82) is 0 Å². The molecule has 0 aliphatic heterocycles. The first-order valence-corrected chi connectivity index (χ1v) is 12.4. The average Bonchev–Trinajstić information content (AvgIpc) is 3.47. The van der Waals surface area contributed by atoms with E-state index in [4.69, 9.17) is 14.6 Å². The van der Waals surface area contributed by atoms with Gasteiger partial charge in [-0.05, 0) is 56.1 Å². The van der Waals surface area contributed by atoms with E-state index < -0.39 is 37.0 Å². The van der Waals surface area contributed by atoms with Gasteiger partial charge in [0.1, 0.15) is 20.3 Å². The molecule has 0 aliphatic rings. The van der Waals surface area contributed by atoms with Crippen molar-refractivity contribution in [2.75, 3.05) is 20.3 Å². The lowest BCUT2D eigenvalue weighted by Gasteiger charge is -2.13. The van der Waals surface area contributed by atoms with Crippen LogP contribution in [0.25, 0.3) is 11.0 Å². The first kappa shape index (κ1) is 32.8. The molecule has 0 spiro atoms. The lowest BCUT2D eigenvalue weighted by Crippen LogP contribution is -2.21. The molecule has 10 nitrogen and oxygen atoms in total. The van der Waals surface area contributed by atoms with Crippen LogP contribution in [0.1, 0.15) is 42.0 Å². The Morgan fingerprint density at radius 3 is 1.62 bits per heavy atom. The highest BCUT2D eigenvalue weighted by Crippen LogP contribution is 2.30. The predicted octanol–water partition coefficient (Wildman–Crippen LogP) is 6.38. The lowest BCUT2D eigenvalue weighted by atomic mass is 10.2. The Morgan fingerprint density at radius 2 is 1.25 bits per heavy atom. The molecule has 4 aromatic heterocycles. The number of hydrogen-bond acceptors (Lipinski definition) is 7. The van der Waals surface area contributed by atoms with Gasteiger partial charge in [-0.2, -0.15) is 10.2 Å². The van der Waals surface area contributed by atoms with E-state index in [0.717, 1.165) is 13.8 Å². The molecular formula is C24H24Br2F4N4O6. The minimum atomic E-state index is -2.95. The maximum absolute atomic E-state index is 12.8. The second-order valence-corrected chi connectivity index (χ2v) is 9.70. The number of nitrogens with zero attached hydrogens (tertiary/aromatic N) is 4. The SMILES string of the molecule is C.CC(F)(F)COc1ccc2c(C(=O)O)cnn2c1Br.COC(=O)c1cnn2c(Br)c(OCC(C)(F)F)ccc12. The van der Waals surface area contributed by atoms with Gasteiger partial charge in [-0.3, -0.25) is 0 Å². The number of aromatic nitrogens is 4. The third-order valence-corrected chi connectivity index (χ3v) is 6.23. The van der Waals surface area contributed by atoms with Crippen LogP contribution in [-0.2, 0) is 4.74 Å². The maximum atomic E-state index is 12.8. The number of halogens is 6. The molecule has 4 aromatic rings. The molecule has 0 saturated heterocycles. The fraction of sp³-hybridized carbons (Fsp3) is 0.333. The third-order valence-electron chi connectivity index (χ3n) is 4.77. The Bertz CT molecular complexity index is 1520. The van der Waals surface area contributed by atoms with Gasteiger partial charge in [-0.25, -0.2) is 36.2 Å². The molecule has 4 rings (SSSR count). The quantitative estimate of drug-likeness (QED) is 0.128. The van der Waals surface area contributed by atoms with E-state index in [2.05, 4.69) is 46.8 Å². The van der Waals surface area contributed by atoms with Crippen LogP contribution in [-0.4, -0.2) is 68.4 Å². The van der Waals surface area contributed by atoms with Gasteiger partial charge in [0.15, 0.2) is 24.7 Å². The number of fused-ring (bicyclic) bond motifs is 2. The number of esters is 1. The molecule has 0 unspecified atom stereocenters. The number of pyridine rings is 2. The van der Waals surface area contributed by atoms with Crippen molar-refractivity contribution in [3.63, 3.8) is 0 Å². The molecular weight excluding hydrogens is 676 g/mol. The summed E-state index contributed by atoms with van der Waals surface area (Å²) in [6, 6.07) is 5.90.